The molecule has 0 aliphatic heterocycles. The summed E-state index contributed by atoms with van der Waals surface area (Å²) < 4.78 is 13.6. The summed E-state index contributed by atoms with van der Waals surface area (Å²) in [5.74, 6) is 2.53. The summed E-state index contributed by atoms with van der Waals surface area (Å²) in [6, 6.07) is 17.4. The third kappa shape index (κ3) is 5.08. The summed E-state index contributed by atoms with van der Waals surface area (Å²) >= 11 is 0. The van der Waals surface area contributed by atoms with Gasteiger partial charge in [-0.1, -0.05) is 102 Å². The zero-order valence-electron chi connectivity index (χ0n) is 23.9. The van der Waals surface area contributed by atoms with E-state index >= 15 is 0 Å². The van der Waals surface area contributed by atoms with Crippen LogP contribution in [0.2, 0.25) is 36.3 Å². The summed E-state index contributed by atoms with van der Waals surface area (Å²) in [6.45, 7) is 23.1. The average Bonchev–Trinajstić information content (AvgIpc) is 3.28. The quantitative estimate of drug-likeness (QED) is 0.281. The fourth-order valence-electron chi connectivity index (χ4n) is 4.30. The van der Waals surface area contributed by atoms with Gasteiger partial charge in [0.15, 0.2) is 0 Å². The van der Waals surface area contributed by atoms with Gasteiger partial charge in [-0.3, -0.25) is 0 Å². The maximum atomic E-state index is 6.79. The van der Waals surface area contributed by atoms with E-state index in [1.54, 1.807) is 0 Å². The molecule has 2 aromatic carbocycles. The van der Waals surface area contributed by atoms with E-state index in [-0.39, 0.29) is 21.9 Å². The predicted octanol–water partition coefficient (Wildman–Crippen LogP) is 9.86. The van der Waals surface area contributed by atoms with E-state index < -0.39 is 16.6 Å². The number of fused-ring (bicyclic) bond motifs is 2. The van der Waals surface area contributed by atoms with Gasteiger partial charge in [0, 0.05) is 23.0 Å². The van der Waals surface area contributed by atoms with E-state index in [9.17, 15) is 0 Å². The second-order valence-electron chi connectivity index (χ2n) is 13.4. The number of hydrogen-bond donors (Lipinski definition) is 0. The SMILES string of the molecule is CC(C)(C)[Si](C)(C)OC1=CC(C=CC2C=C(O[Si](C)(C)C(C)(C)C)c3ccccc32)c2ccccc21. The Hall–Kier alpha value is -2.31. The second-order valence-corrected chi connectivity index (χ2v) is 22.8. The van der Waals surface area contributed by atoms with E-state index in [0.29, 0.717) is 0 Å². The lowest BCUT2D eigenvalue weighted by molar-refractivity contribution is 0.458. The zero-order chi connectivity index (χ0) is 26.5. The van der Waals surface area contributed by atoms with Crippen LogP contribution in [0, 0.1) is 0 Å². The van der Waals surface area contributed by atoms with Crippen molar-refractivity contribution in [2.24, 2.45) is 0 Å². The Labute approximate surface area is 221 Å². The highest BCUT2D eigenvalue weighted by Crippen LogP contribution is 2.46. The molecule has 192 valence electrons. The molecule has 0 N–H and O–H groups in total. The molecule has 2 aliphatic rings. The van der Waals surface area contributed by atoms with Crippen molar-refractivity contribution in [3.8, 4) is 0 Å². The molecule has 2 nitrogen and oxygen atoms in total. The lowest BCUT2D eigenvalue weighted by atomic mass is 9.95. The lowest BCUT2D eigenvalue weighted by Crippen LogP contribution is -2.40. The van der Waals surface area contributed by atoms with Gasteiger partial charge in [-0.2, -0.15) is 0 Å². The Bertz CT molecular complexity index is 1120. The normalized spacial score (nSPS) is 20.2. The van der Waals surface area contributed by atoms with Gasteiger partial charge in [0.25, 0.3) is 0 Å². The summed E-state index contributed by atoms with van der Waals surface area (Å²) in [5.41, 5.74) is 5.13. The largest absolute Gasteiger partial charge is 0.543 e. The fourth-order valence-corrected chi connectivity index (χ4v) is 6.37. The standard InChI is InChI=1S/C32H44O2Si2/c1-31(2,3)35(7,8)33-29-21-23(25-15-11-13-17-27(25)29)19-20-24-22-30(28-18-14-12-16-26(24)28)34-36(9,10)32(4,5)6/h11-24H,1-10H3. The minimum absolute atomic E-state index is 0.162. The summed E-state index contributed by atoms with van der Waals surface area (Å²) in [4.78, 5) is 0. The number of rotatable bonds is 6. The Kier molecular flexibility index (Phi) is 6.85. The molecule has 4 rings (SSSR count). The third-order valence-electron chi connectivity index (χ3n) is 8.70. The van der Waals surface area contributed by atoms with Gasteiger partial charge in [-0.15, -0.1) is 0 Å². The molecule has 2 aromatic rings. The molecular formula is C32H44O2Si2. The van der Waals surface area contributed by atoms with Crippen molar-refractivity contribution in [1.82, 2.24) is 0 Å². The highest BCUT2D eigenvalue weighted by molar-refractivity contribution is 6.75. The van der Waals surface area contributed by atoms with Crippen LogP contribution in [-0.4, -0.2) is 16.6 Å². The van der Waals surface area contributed by atoms with Gasteiger partial charge in [0.2, 0.25) is 16.6 Å². The number of hydrogen-bond acceptors (Lipinski definition) is 2. The smallest absolute Gasteiger partial charge is 0.250 e. The minimum Gasteiger partial charge on any atom is -0.543 e. The maximum Gasteiger partial charge on any atom is 0.250 e. The van der Waals surface area contributed by atoms with Crippen LogP contribution in [0.3, 0.4) is 0 Å². The zero-order valence-corrected chi connectivity index (χ0v) is 25.9. The van der Waals surface area contributed by atoms with Crippen molar-refractivity contribution in [3.63, 3.8) is 0 Å². The second kappa shape index (κ2) is 9.22. The maximum absolute atomic E-state index is 6.79. The van der Waals surface area contributed by atoms with Crippen LogP contribution < -0.4 is 0 Å². The average molecular weight is 517 g/mol. The van der Waals surface area contributed by atoms with Gasteiger partial charge in [-0.25, -0.2) is 0 Å². The van der Waals surface area contributed by atoms with Crippen molar-refractivity contribution in [2.45, 2.75) is 89.6 Å². The van der Waals surface area contributed by atoms with E-state index in [4.69, 9.17) is 8.85 Å². The van der Waals surface area contributed by atoms with Crippen LogP contribution in [0.4, 0.5) is 0 Å². The van der Waals surface area contributed by atoms with E-state index in [0.717, 1.165) is 11.5 Å². The van der Waals surface area contributed by atoms with Gasteiger partial charge in [0.05, 0.1) is 0 Å². The molecule has 0 bridgehead atoms. The minimum atomic E-state index is -1.93. The molecule has 0 fully saturated rings. The molecule has 0 heterocycles. The van der Waals surface area contributed by atoms with Gasteiger partial charge in [0.1, 0.15) is 11.5 Å². The lowest BCUT2D eigenvalue weighted by Gasteiger charge is -2.37. The topological polar surface area (TPSA) is 18.5 Å². The molecule has 0 aromatic heterocycles. The van der Waals surface area contributed by atoms with Gasteiger partial charge in [-0.05, 0) is 59.5 Å². The van der Waals surface area contributed by atoms with Crippen LogP contribution >= 0.6 is 0 Å². The van der Waals surface area contributed by atoms with Crippen LogP contribution in [0.5, 0.6) is 0 Å². The molecule has 0 amide bonds. The first-order valence-corrected chi connectivity index (χ1v) is 19.1. The van der Waals surface area contributed by atoms with Crippen molar-refractivity contribution in [3.05, 3.63) is 95.1 Å². The molecule has 2 atom stereocenters. The molecule has 2 unspecified atom stereocenters. The Morgan fingerprint density at radius 2 is 0.917 bits per heavy atom. The first-order chi connectivity index (χ1) is 16.6. The summed E-state index contributed by atoms with van der Waals surface area (Å²) in [6.07, 6.45) is 9.35. The number of benzene rings is 2. The van der Waals surface area contributed by atoms with E-state index in [1.807, 2.05) is 0 Å². The first-order valence-electron chi connectivity index (χ1n) is 13.3. The molecular weight excluding hydrogens is 473 g/mol. The fraction of sp³-hybridized carbons (Fsp3) is 0.438. The van der Waals surface area contributed by atoms with Crippen molar-refractivity contribution in [1.29, 1.82) is 0 Å². The Morgan fingerprint density at radius 3 is 1.25 bits per heavy atom. The van der Waals surface area contributed by atoms with Gasteiger partial charge < -0.3 is 8.85 Å². The monoisotopic (exact) mass is 516 g/mol. The Balaban J connectivity index is 1.64. The molecule has 2 aliphatic carbocycles. The van der Waals surface area contributed by atoms with Crippen LogP contribution in [0.1, 0.15) is 75.6 Å². The molecule has 36 heavy (non-hydrogen) atoms. The third-order valence-corrected chi connectivity index (χ3v) is 17.4. The summed E-state index contributed by atoms with van der Waals surface area (Å²) in [7, 11) is -3.85. The highest BCUT2D eigenvalue weighted by Gasteiger charge is 2.42. The van der Waals surface area contributed by atoms with Gasteiger partial charge >= 0.3 is 0 Å². The highest BCUT2D eigenvalue weighted by atomic mass is 28.4. The molecule has 0 spiro atoms. The van der Waals surface area contributed by atoms with Crippen LogP contribution in [0.15, 0.2) is 72.8 Å². The Morgan fingerprint density at radius 1 is 0.583 bits per heavy atom. The van der Waals surface area contributed by atoms with Crippen LogP contribution in [-0.2, 0) is 8.85 Å². The molecule has 0 saturated carbocycles. The molecule has 0 radical (unpaired) electrons. The first kappa shape index (κ1) is 26.7. The number of allylic oxidation sites excluding steroid dienone is 4. The predicted molar refractivity (Wildman–Crippen MR) is 160 cm³/mol. The van der Waals surface area contributed by atoms with E-state index in [2.05, 4.69) is 141 Å². The van der Waals surface area contributed by atoms with Crippen molar-refractivity contribution in [2.75, 3.05) is 0 Å². The van der Waals surface area contributed by atoms with Crippen molar-refractivity contribution < 1.29 is 8.85 Å². The molecule has 4 heteroatoms. The van der Waals surface area contributed by atoms with E-state index in [1.165, 1.54) is 22.3 Å². The van der Waals surface area contributed by atoms with Crippen LogP contribution in [0.25, 0.3) is 11.5 Å². The summed E-state index contributed by atoms with van der Waals surface area (Å²) in [5, 5.41) is 0.325. The van der Waals surface area contributed by atoms with Crippen molar-refractivity contribution >= 4 is 28.2 Å². The molecule has 0 saturated heterocycles.